The average molecular weight is 605 g/mol. The molecule has 228 valence electrons. The second kappa shape index (κ2) is 12.2. The molecule has 5 amide bonds. The third-order valence-electron chi connectivity index (χ3n) is 7.52. The van der Waals surface area contributed by atoms with E-state index in [0.29, 0.717) is 41.6 Å². The fourth-order valence-corrected chi connectivity index (χ4v) is 6.04. The van der Waals surface area contributed by atoms with Gasteiger partial charge >= 0.3 is 6.03 Å². The summed E-state index contributed by atoms with van der Waals surface area (Å²) in [5, 5.41) is 8.93. The van der Waals surface area contributed by atoms with Gasteiger partial charge in [0.2, 0.25) is 5.91 Å². The van der Waals surface area contributed by atoms with E-state index in [4.69, 9.17) is 0 Å². The number of pyridine rings is 1. The summed E-state index contributed by atoms with van der Waals surface area (Å²) >= 11 is 1.35. The number of anilines is 2. The molecular weight excluding hydrogens is 564 g/mol. The zero-order chi connectivity index (χ0) is 31.7. The molecule has 1 saturated heterocycles. The Morgan fingerprint density at radius 2 is 1.77 bits per heavy atom. The van der Waals surface area contributed by atoms with Crippen molar-refractivity contribution < 1.29 is 19.2 Å². The minimum absolute atomic E-state index is 0.130. The summed E-state index contributed by atoms with van der Waals surface area (Å²) in [5.74, 6) is -0.661. The quantitative estimate of drug-likeness (QED) is 0.343. The first-order valence-corrected chi connectivity index (χ1v) is 15.1. The van der Waals surface area contributed by atoms with E-state index in [-0.39, 0.29) is 23.1 Å². The molecule has 3 aromatic rings. The van der Waals surface area contributed by atoms with Gasteiger partial charge in [0.1, 0.15) is 16.2 Å². The number of urea groups is 1. The van der Waals surface area contributed by atoms with Gasteiger partial charge in [-0.2, -0.15) is 0 Å². The average Bonchev–Trinajstić information content (AvgIpc) is 3.37. The second-order valence-electron chi connectivity index (χ2n) is 12.2. The van der Waals surface area contributed by atoms with Gasteiger partial charge in [0.15, 0.2) is 0 Å². The maximum Gasteiger partial charge on any atom is 0.324 e. The Labute approximate surface area is 256 Å². The van der Waals surface area contributed by atoms with Crippen LogP contribution in [0.4, 0.5) is 15.5 Å². The van der Waals surface area contributed by atoms with E-state index < -0.39 is 11.6 Å². The number of piperazine rings is 1. The maximum atomic E-state index is 13.9. The molecule has 0 spiro atoms. The van der Waals surface area contributed by atoms with Crippen LogP contribution in [0.2, 0.25) is 0 Å². The van der Waals surface area contributed by atoms with Gasteiger partial charge in [0.25, 0.3) is 11.8 Å². The Morgan fingerprint density at radius 1 is 1.05 bits per heavy atom. The minimum atomic E-state index is -1.02. The molecule has 10 nitrogen and oxygen atoms in total. The van der Waals surface area contributed by atoms with E-state index in [2.05, 4.69) is 20.9 Å². The number of carbonyl (C=O) groups is 4. The van der Waals surface area contributed by atoms with Crippen LogP contribution >= 0.6 is 11.3 Å². The molecule has 11 heteroatoms. The van der Waals surface area contributed by atoms with Crippen LogP contribution in [0, 0.1) is 6.92 Å². The van der Waals surface area contributed by atoms with Gasteiger partial charge in [0.05, 0.1) is 5.56 Å². The number of nitrogens with one attached hydrogen (secondary N) is 3. The number of nitrogens with zero attached hydrogens (tertiary/aromatic N) is 3. The van der Waals surface area contributed by atoms with E-state index in [1.165, 1.54) is 11.3 Å². The zero-order valence-electron chi connectivity index (χ0n) is 26.0. The highest BCUT2D eigenvalue weighted by Gasteiger charge is 2.44. The molecule has 0 radical (unpaired) electrons. The standard InChI is InChI=1S/C32H40N6O4S/c1-9-33-26(39)24-13-11-20(18-34-24)22-16-21(12-10-19(22)2)35-30(42)36-27-23(17-25(43-27)31(3,4)5)28(40)38-15-14-37(8)29(41)32(38,6)7/h10-13,16-18H,9,14-15H2,1-8H3,(H,33,39)(H2,35,36,42). The number of aryl methyl sites for hydroxylation is 1. The Kier molecular flexibility index (Phi) is 8.96. The molecule has 3 N–H and O–H groups in total. The van der Waals surface area contributed by atoms with Crippen LogP contribution in [0.3, 0.4) is 0 Å². The summed E-state index contributed by atoms with van der Waals surface area (Å²) in [6.45, 7) is 14.8. The number of benzene rings is 1. The van der Waals surface area contributed by atoms with Gasteiger partial charge in [-0.1, -0.05) is 32.9 Å². The predicted octanol–water partition coefficient (Wildman–Crippen LogP) is 5.50. The fraction of sp³-hybridized carbons (Fsp3) is 0.406. The monoisotopic (exact) mass is 604 g/mol. The molecule has 1 aliphatic rings. The first kappa shape index (κ1) is 31.7. The summed E-state index contributed by atoms with van der Waals surface area (Å²) < 4.78 is 0. The first-order valence-electron chi connectivity index (χ1n) is 14.3. The van der Waals surface area contributed by atoms with Crippen molar-refractivity contribution in [1.82, 2.24) is 20.1 Å². The first-order chi connectivity index (χ1) is 20.1. The molecule has 2 aromatic heterocycles. The smallest absolute Gasteiger partial charge is 0.324 e. The number of amides is 5. The Hall–Kier alpha value is -4.25. The normalized spacial score (nSPS) is 14.8. The molecule has 0 bridgehead atoms. The van der Waals surface area contributed by atoms with E-state index >= 15 is 0 Å². The molecule has 0 unspecified atom stereocenters. The number of aromatic nitrogens is 1. The third-order valence-corrected chi connectivity index (χ3v) is 8.99. The number of rotatable bonds is 6. The summed E-state index contributed by atoms with van der Waals surface area (Å²) in [5.41, 5.74) is 2.61. The second-order valence-corrected chi connectivity index (χ2v) is 13.3. The summed E-state index contributed by atoms with van der Waals surface area (Å²) in [7, 11) is 1.74. The lowest BCUT2D eigenvalue weighted by atomic mass is 9.93. The Bertz CT molecular complexity index is 1550. The highest BCUT2D eigenvalue weighted by atomic mass is 32.1. The van der Waals surface area contributed by atoms with Crippen LogP contribution < -0.4 is 16.0 Å². The van der Waals surface area contributed by atoms with Crippen molar-refractivity contribution in [3.8, 4) is 11.1 Å². The highest BCUT2D eigenvalue weighted by Crippen LogP contribution is 2.38. The van der Waals surface area contributed by atoms with Crippen molar-refractivity contribution in [3.63, 3.8) is 0 Å². The largest absolute Gasteiger partial charge is 0.351 e. The maximum absolute atomic E-state index is 13.9. The Morgan fingerprint density at radius 3 is 2.40 bits per heavy atom. The van der Waals surface area contributed by atoms with Crippen molar-refractivity contribution in [2.45, 2.75) is 59.4 Å². The van der Waals surface area contributed by atoms with Crippen molar-refractivity contribution >= 4 is 45.8 Å². The number of thiophene rings is 1. The van der Waals surface area contributed by atoms with Gasteiger partial charge in [-0.3, -0.25) is 24.7 Å². The molecule has 1 aliphatic heterocycles. The van der Waals surface area contributed by atoms with Gasteiger partial charge in [-0.25, -0.2) is 4.79 Å². The van der Waals surface area contributed by atoms with Crippen LogP contribution in [0.25, 0.3) is 11.1 Å². The molecule has 0 aliphatic carbocycles. The van der Waals surface area contributed by atoms with Crippen molar-refractivity contribution in [3.05, 3.63) is 64.3 Å². The van der Waals surface area contributed by atoms with Crippen molar-refractivity contribution in [1.29, 1.82) is 0 Å². The Balaban J connectivity index is 1.57. The van der Waals surface area contributed by atoms with Crippen molar-refractivity contribution in [2.75, 3.05) is 37.3 Å². The number of hydrogen-bond acceptors (Lipinski definition) is 6. The highest BCUT2D eigenvalue weighted by molar-refractivity contribution is 7.16. The molecule has 4 rings (SSSR count). The minimum Gasteiger partial charge on any atom is -0.351 e. The molecule has 0 atom stereocenters. The summed E-state index contributed by atoms with van der Waals surface area (Å²) in [4.78, 5) is 60.6. The third kappa shape index (κ3) is 6.72. The van der Waals surface area contributed by atoms with E-state index in [9.17, 15) is 19.2 Å². The van der Waals surface area contributed by atoms with E-state index in [1.54, 1.807) is 49.0 Å². The molecule has 3 heterocycles. The SMILES string of the molecule is CCNC(=O)c1ccc(-c2cc(NC(=O)Nc3sc(C(C)(C)C)cc3C(=O)N3CCN(C)C(=O)C3(C)C)ccc2C)cn1. The summed E-state index contributed by atoms with van der Waals surface area (Å²) in [6.07, 6.45) is 1.64. The molecule has 1 aromatic carbocycles. The van der Waals surface area contributed by atoms with E-state index in [1.807, 2.05) is 58.9 Å². The lowest BCUT2D eigenvalue weighted by molar-refractivity contribution is -0.144. The molecule has 43 heavy (non-hydrogen) atoms. The molecule has 0 saturated carbocycles. The van der Waals surface area contributed by atoms with E-state index in [0.717, 1.165) is 21.6 Å². The number of likely N-dealkylation sites (N-methyl/N-ethyl adjacent to an activating group) is 1. The van der Waals surface area contributed by atoms with Crippen LogP contribution in [0.1, 0.15) is 72.8 Å². The fourth-order valence-electron chi connectivity index (χ4n) is 4.94. The van der Waals surface area contributed by atoms with Crippen LogP contribution in [-0.2, 0) is 10.2 Å². The van der Waals surface area contributed by atoms with Crippen LogP contribution in [0.5, 0.6) is 0 Å². The van der Waals surface area contributed by atoms with Crippen LogP contribution in [0.15, 0.2) is 42.6 Å². The van der Waals surface area contributed by atoms with Crippen molar-refractivity contribution in [2.24, 2.45) is 0 Å². The van der Waals surface area contributed by atoms with Gasteiger partial charge < -0.3 is 20.4 Å². The lowest BCUT2D eigenvalue weighted by Gasteiger charge is -2.44. The number of hydrogen-bond donors (Lipinski definition) is 3. The molecular formula is C32H40N6O4S. The van der Waals surface area contributed by atoms with Gasteiger partial charge in [-0.15, -0.1) is 11.3 Å². The van der Waals surface area contributed by atoms with Crippen LogP contribution in [-0.4, -0.2) is 70.8 Å². The topological polar surface area (TPSA) is 124 Å². The zero-order valence-corrected chi connectivity index (χ0v) is 26.9. The predicted molar refractivity (Wildman–Crippen MR) is 171 cm³/mol. The lowest BCUT2D eigenvalue weighted by Crippen LogP contribution is -2.63. The number of carbonyl (C=O) groups excluding carboxylic acids is 4. The summed E-state index contributed by atoms with van der Waals surface area (Å²) in [6, 6.07) is 10.4. The van der Waals surface area contributed by atoms with Gasteiger partial charge in [-0.05, 0) is 68.5 Å². The van der Waals surface area contributed by atoms with Gasteiger partial charge in [0, 0.05) is 49.0 Å². The molecule has 1 fully saturated rings.